The minimum atomic E-state index is -0.176. The molecule has 0 saturated carbocycles. The first-order chi connectivity index (χ1) is 17.5. The van der Waals surface area contributed by atoms with Crippen LogP contribution in [0.25, 0.3) is 22.6 Å². The summed E-state index contributed by atoms with van der Waals surface area (Å²) in [6.07, 6.45) is 1.93. The number of fused-ring (bicyclic) bond motifs is 1. The molecule has 2 heterocycles. The van der Waals surface area contributed by atoms with Crippen molar-refractivity contribution in [1.29, 1.82) is 0 Å². The number of thiocarbonyl (C=S) groups is 1. The zero-order chi connectivity index (χ0) is 24.9. The number of nitrogens with zero attached hydrogens (tertiary/aromatic N) is 2. The van der Waals surface area contributed by atoms with Crippen LogP contribution in [0, 0.1) is 6.92 Å². The maximum Gasteiger partial charge on any atom is 0.230 e. The molecule has 0 aliphatic heterocycles. The number of carbonyl (C=O) groups is 1. The van der Waals surface area contributed by atoms with Gasteiger partial charge in [-0.25, -0.2) is 9.97 Å². The fourth-order valence-electron chi connectivity index (χ4n) is 3.67. The molecule has 1 amide bonds. The molecule has 0 spiro atoms. The number of anilines is 1. The lowest BCUT2D eigenvalue weighted by atomic mass is 10.1. The highest BCUT2D eigenvalue weighted by atomic mass is 32.1. The third kappa shape index (κ3) is 5.56. The van der Waals surface area contributed by atoms with Gasteiger partial charge in [-0.1, -0.05) is 60.2 Å². The van der Waals surface area contributed by atoms with E-state index in [0.717, 1.165) is 28.2 Å². The van der Waals surface area contributed by atoms with Crippen LogP contribution in [0.3, 0.4) is 0 Å². The van der Waals surface area contributed by atoms with Crippen LogP contribution in [0.15, 0.2) is 91.1 Å². The number of aromatic nitrogens is 3. The van der Waals surface area contributed by atoms with Crippen molar-refractivity contribution < 1.29 is 9.53 Å². The topological polar surface area (TPSA) is 91.9 Å². The fourth-order valence-corrected chi connectivity index (χ4v) is 3.90. The molecule has 2 aromatic heterocycles. The number of H-pyrrole nitrogens is 1. The second-order valence-corrected chi connectivity index (χ2v) is 8.66. The molecular weight excluding hydrogens is 470 g/mol. The van der Waals surface area contributed by atoms with Crippen molar-refractivity contribution in [3.63, 3.8) is 0 Å². The number of aryl methyl sites for hydroxylation is 1. The lowest BCUT2D eigenvalue weighted by molar-refractivity contribution is -0.119. The van der Waals surface area contributed by atoms with Gasteiger partial charge in [0.25, 0.3) is 0 Å². The quantitative estimate of drug-likeness (QED) is 0.260. The number of hydrogen-bond donors (Lipinski definition) is 3. The molecule has 178 valence electrons. The van der Waals surface area contributed by atoms with Crippen LogP contribution in [0.5, 0.6) is 11.5 Å². The second-order valence-electron chi connectivity index (χ2n) is 8.25. The standard InChI is InChI=1S/C28H23N5O2S/c1-18-7-9-20(10-8-18)26-32-25-23(15-16-29-27(25)33-26)35-22-13-11-21(12-14-22)30-28(36)31-24(34)17-19-5-3-2-4-6-19/h2-16H,17H2,1H3,(H,29,32,33)(H2,30,31,34,36). The van der Waals surface area contributed by atoms with Gasteiger partial charge in [0.2, 0.25) is 5.91 Å². The average molecular weight is 494 g/mol. The van der Waals surface area contributed by atoms with Gasteiger partial charge in [0.05, 0.1) is 6.42 Å². The summed E-state index contributed by atoms with van der Waals surface area (Å²) in [6.45, 7) is 2.05. The smallest absolute Gasteiger partial charge is 0.230 e. The van der Waals surface area contributed by atoms with Gasteiger partial charge < -0.3 is 20.4 Å². The zero-order valence-electron chi connectivity index (χ0n) is 19.5. The summed E-state index contributed by atoms with van der Waals surface area (Å²) in [5.41, 5.74) is 5.12. The van der Waals surface area contributed by atoms with E-state index < -0.39 is 0 Å². The van der Waals surface area contributed by atoms with Gasteiger partial charge in [0, 0.05) is 23.5 Å². The molecule has 0 aliphatic carbocycles. The number of imidazole rings is 1. The fraction of sp³-hybridized carbons (Fsp3) is 0.0714. The number of benzene rings is 3. The van der Waals surface area contributed by atoms with E-state index in [-0.39, 0.29) is 17.4 Å². The summed E-state index contributed by atoms with van der Waals surface area (Å²) in [4.78, 5) is 24.5. The number of carbonyl (C=O) groups excluding carboxylic acids is 1. The van der Waals surface area contributed by atoms with E-state index in [1.54, 1.807) is 12.3 Å². The van der Waals surface area contributed by atoms with Crippen LogP contribution < -0.4 is 15.4 Å². The van der Waals surface area contributed by atoms with E-state index in [1.165, 1.54) is 5.56 Å². The van der Waals surface area contributed by atoms with Gasteiger partial charge in [-0.2, -0.15) is 0 Å². The molecule has 8 heteroatoms. The van der Waals surface area contributed by atoms with Crippen molar-refractivity contribution in [3.8, 4) is 22.9 Å². The Labute approximate surface area is 213 Å². The highest BCUT2D eigenvalue weighted by molar-refractivity contribution is 7.80. The van der Waals surface area contributed by atoms with Crippen molar-refractivity contribution in [1.82, 2.24) is 20.3 Å². The second kappa shape index (κ2) is 10.4. The van der Waals surface area contributed by atoms with Crippen molar-refractivity contribution in [2.45, 2.75) is 13.3 Å². The van der Waals surface area contributed by atoms with Gasteiger partial charge in [0.1, 0.15) is 17.1 Å². The summed E-state index contributed by atoms with van der Waals surface area (Å²) in [5.74, 6) is 1.81. The molecule has 0 unspecified atom stereocenters. The summed E-state index contributed by atoms with van der Waals surface area (Å²) in [7, 11) is 0. The monoisotopic (exact) mass is 493 g/mol. The lowest BCUT2D eigenvalue weighted by Gasteiger charge is -2.11. The van der Waals surface area contributed by atoms with Crippen molar-refractivity contribution >= 4 is 40.1 Å². The number of aromatic amines is 1. The summed E-state index contributed by atoms with van der Waals surface area (Å²) in [5, 5.41) is 5.96. The number of amides is 1. The van der Waals surface area contributed by atoms with Gasteiger partial charge >= 0.3 is 0 Å². The van der Waals surface area contributed by atoms with Crippen molar-refractivity contribution in [2.24, 2.45) is 0 Å². The van der Waals surface area contributed by atoms with E-state index in [4.69, 9.17) is 17.0 Å². The van der Waals surface area contributed by atoms with Crippen LogP contribution in [0.4, 0.5) is 5.69 Å². The molecule has 0 saturated heterocycles. The molecule has 0 aliphatic rings. The van der Waals surface area contributed by atoms with Crippen LogP contribution in [-0.4, -0.2) is 26.0 Å². The molecule has 0 fully saturated rings. The Bertz CT molecular complexity index is 1510. The third-order valence-corrected chi connectivity index (χ3v) is 5.68. The first-order valence-electron chi connectivity index (χ1n) is 11.4. The Morgan fingerprint density at radius 1 is 0.972 bits per heavy atom. The number of nitrogens with one attached hydrogen (secondary N) is 3. The number of rotatable bonds is 6. The average Bonchev–Trinajstić information content (AvgIpc) is 3.31. The van der Waals surface area contributed by atoms with E-state index >= 15 is 0 Å². The minimum Gasteiger partial charge on any atom is -0.455 e. The van der Waals surface area contributed by atoms with Crippen LogP contribution >= 0.6 is 12.2 Å². The van der Waals surface area contributed by atoms with Gasteiger partial charge in [-0.05, 0) is 49.0 Å². The van der Waals surface area contributed by atoms with Crippen LogP contribution in [0.2, 0.25) is 0 Å². The first-order valence-corrected chi connectivity index (χ1v) is 11.8. The summed E-state index contributed by atoms with van der Waals surface area (Å²) in [6, 6.07) is 26.7. The number of hydrogen-bond acceptors (Lipinski definition) is 5. The molecule has 0 atom stereocenters. The maximum atomic E-state index is 12.2. The third-order valence-electron chi connectivity index (χ3n) is 5.48. The molecule has 0 radical (unpaired) electrons. The Hall–Kier alpha value is -4.56. The minimum absolute atomic E-state index is 0.176. The molecule has 3 aromatic carbocycles. The summed E-state index contributed by atoms with van der Waals surface area (Å²) >= 11 is 5.28. The van der Waals surface area contributed by atoms with Crippen LogP contribution in [0.1, 0.15) is 11.1 Å². The van der Waals surface area contributed by atoms with Gasteiger partial charge in [-0.3, -0.25) is 4.79 Å². The predicted molar refractivity (Wildman–Crippen MR) is 145 cm³/mol. The largest absolute Gasteiger partial charge is 0.455 e. The molecular formula is C28H23N5O2S. The molecule has 7 nitrogen and oxygen atoms in total. The van der Waals surface area contributed by atoms with E-state index in [2.05, 4.69) is 25.6 Å². The maximum absolute atomic E-state index is 12.2. The van der Waals surface area contributed by atoms with Gasteiger partial charge in [0.15, 0.2) is 16.5 Å². The molecule has 5 aromatic rings. The molecule has 3 N–H and O–H groups in total. The highest BCUT2D eigenvalue weighted by Gasteiger charge is 2.12. The molecule has 36 heavy (non-hydrogen) atoms. The van der Waals surface area contributed by atoms with E-state index in [1.807, 2.05) is 85.8 Å². The van der Waals surface area contributed by atoms with Crippen molar-refractivity contribution in [2.75, 3.05) is 5.32 Å². The predicted octanol–water partition coefficient (Wildman–Crippen LogP) is 5.78. The lowest BCUT2D eigenvalue weighted by Crippen LogP contribution is -2.35. The molecule has 5 rings (SSSR count). The Morgan fingerprint density at radius 3 is 2.47 bits per heavy atom. The number of pyridine rings is 1. The SMILES string of the molecule is Cc1ccc(-c2nc3nccc(Oc4ccc(NC(=S)NC(=O)Cc5ccccc5)cc4)c3[nH]2)cc1. The first kappa shape index (κ1) is 23.2. The Balaban J connectivity index is 1.23. The van der Waals surface area contributed by atoms with Crippen molar-refractivity contribution in [3.05, 3.63) is 102 Å². The normalized spacial score (nSPS) is 10.7. The summed E-state index contributed by atoms with van der Waals surface area (Å²) < 4.78 is 6.11. The zero-order valence-corrected chi connectivity index (χ0v) is 20.3. The Kier molecular flexibility index (Phi) is 6.68. The number of ether oxygens (including phenoxy) is 1. The van der Waals surface area contributed by atoms with E-state index in [0.29, 0.717) is 17.1 Å². The Morgan fingerprint density at radius 2 is 1.72 bits per heavy atom. The van der Waals surface area contributed by atoms with Gasteiger partial charge in [-0.15, -0.1) is 0 Å². The molecule has 0 bridgehead atoms. The van der Waals surface area contributed by atoms with Crippen LogP contribution in [-0.2, 0) is 11.2 Å². The van der Waals surface area contributed by atoms with E-state index in [9.17, 15) is 4.79 Å². The highest BCUT2D eigenvalue weighted by Crippen LogP contribution is 2.30.